The van der Waals surface area contributed by atoms with Crippen LogP contribution in [0.1, 0.15) is 11.3 Å². The van der Waals surface area contributed by atoms with Gasteiger partial charge in [0.25, 0.3) is 0 Å². The van der Waals surface area contributed by atoms with Gasteiger partial charge in [-0.1, -0.05) is 18.2 Å². The molecule has 112 valence electrons. The van der Waals surface area contributed by atoms with Crippen LogP contribution in [0.3, 0.4) is 0 Å². The first kappa shape index (κ1) is 14.3. The molecule has 3 rings (SSSR count). The lowest BCUT2D eigenvalue weighted by atomic mass is 10.2. The van der Waals surface area contributed by atoms with E-state index in [1.165, 1.54) is 0 Å². The number of guanidine groups is 1. The molecule has 2 aromatic heterocycles. The summed E-state index contributed by atoms with van der Waals surface area (Å²) in [5.74, 6) is -0.371. The number of hydrogen-bond donors (Lipinski definition) is 3. The average Bonchev–Trinajstić information content (AvgIpc) is 3.13. The van der Waals surface area contributed by atoms with Crippen molar-refractivity contribution in [1.82, 2.24) is 10.3 Å². The van der Waals surface area contributed by atoms with E-state index in [4.69, 9.17) is 9.83 Å². The fraction of sp³-hybridized carbons (Fsp3) is 0.133. The van der Waals surface area contributed by atoms with Crippen molar-refractivity contribution < 1.29 is 9.21 Å². The Labute approximate surface area is 130 Å². The first-order valence-electron chi connectivity index (χ1n) is 6.74. The van der Waals surface area contributed by atoms with Crippen molar-refractivity contribution in [3.05, 3.63) is 46.7 Å². The summed E-state index contributed by atoms with van der Waals surface area (Å²) in [5, 5.41) is 14.8. The molecule has 22 heavy (non-hydrogen) atoms. The van der Waals surface area contributed by atoms with Gasteiger partial charge in [-0.05, 0) is 30.0 Å². The Kier molecular flexibility index (Phi) is 4.15. The standard InChI is InChI=1S/C15H14N4O2S/c16-14(18-13(20)8-7-10-4-3-9-22-10)19-15-17-11-5-1-2-6-12(11)21-15/h1-6,9H,7-8H2,(H3,16,17,18,19,20). The van der Waals surface area contributed by atoms with Crippen molar-refractivity contribution in [3.8, 4) is 0 Å². The Morgan fingerprint density at radius 1 is 1.27 bits per heavy atom. The summed E-state index contributed by atoms with van der Waals surface area (Å²) in [6, 6.07) is 11.4. The molecule has 1 amide bonds. The molecule has 0 bridgehead atoms. The molecule has 0 aliphatic heterocycles. The fourth-order valence-electron chi connectivity index (χ4n) is 1.96. The van der Waals surface area contributed by atoms with Crippen molar-refractivity contribution >= 4 is 40.3 Å². The van der Waals surface area contributed by atoms with E-state index in [-0.39, 0.29) is 17.9 Å². The minimum Gasteiger partial charge on any atom is -0.423 e. The maximum Gasteiger partial charge on any atom is 0.302 e. The molecule has 7 heteroatoms. The van der Waals surface area contributed by atoms with Crippen LogP contribution in [0.4, 0.5) is 6.01 Å². The number of para-hydroxylation sites is 2. The SMILES string of the molecule is N=C(NC(=O)CCc1cccs1)Nc1nc2ccccc2o1. The molecule has 3 N–H and O–H groups in total. The van der Waals surface area contributed by atoms with Gasteiger partial charge in [0.1, 0.15) is 5.52 Å². The number of rotatable bonds is 4. The number of anilines is 1. The molecule has 0 spiro atoms. The molecule has 1 aromatic carbocycles. The van der Waals surface area contributed by atoms with Crippen LogP contribution in [-0.2, 0) is 11.2 Å². The normalized spacial score (nSPS) is 10.5. The first-order chi connectivity index (χ1) is 10.7. The van der Waals surface area contributed by atoms with Crippen LogP contribution in [0.25, 0.3) is 11.1 Å². The minimum atomic E-state index is -0.220. The highest BCUT2D eigenvalue weighted by Gasteiger charge is 2.09. The molecule has 0 saturated carbocycles. The van der Waals surface area contributed by atoms with Gasteiger partial charge in [-0.15, -0.1) is 11.3 Å². The number of oxazole rings is 1. The van der Waals surface area contributed by atoms with E-state index in [1.807, 2.05) is 35.7 Å². The number of aryl methyl sites for hydroxylation is 1. The number of carbonyl (C=O) groups is 1. The van der Waals surface area contributed by atoms with Crippen LogP contribution in [0.2, 0.25) is 0 Å². The van der Waals surface area contributed by atoms with E-state index < -0.39 is 0 Å². The average molecular weight is 314 g/mol. The maximum absolute atomic E-state index is 11.8. The molecule has 0 unspecified atom stereocenters. The molecule has 2 heterocycles. The maximum atomic E-state index is 11.8. The zero-order chi connectivity index (χ0) is 15.4. The molecule has 0 aliphatic carbocycles. The number of fused-ring (bicyclic) bond motifs is 1. The van der Waals surface area contributed by atoms with Gasteiger partial charge in [0.05, 0.1) is 0 Å². The largest absolute Gasteiger partial charge is 0.423 e. The van der Waals surface area contributed by atoms with Crippen LogP contribution in [-0.4, -0.2) is 16.9 Å². The molecule has 0 radical (unpaired) electrons. The zero-order valence-corrected chi connectivity index (χ0v) is 12.4. The van der Waals surface area contributed by atoms with Crippen molar-refractivity contribution in [1.29, 1.82) is 5.41 Å². The Morgan fingerprint density at radius 2 is 2.14 bits per heavy atom. The quantitative estimate of drug-likeness (QED) is 0.510. The number of aromatic nitrogens is 1. The van der Waals surface area contributed by atoms with Gasteiger partial charge in [0, 0.05) is 11.3 Å². The van der Waals surface area contributed by atoms with E-state index in [0.717, 1.165) is 4.88 Å². The van der Waals surface area contributed by atoms with Gasteiger partial charge in [-0.3, -0.25) is 20.8 Å². The predicted octanol–water partition coefficient (Wildman–Crippen LogP) is 2.98. The number of hydrogen-bond acceptors (Lipinski definition) is 5. The Bertz CT molecular complexity index is 762. The molecule has 6 nitrogen and oxygen atoms in total. The summed E-state index contributed by atoms with van der Waals surface area (Å²) in [4.78, 5) is 17.1. The smallest absolute Gasteiger partial charge is 0.302 e. The highest BCUT2D eigenvalue weighted by Crippen LogP contribution is 2.17. The van der Waals surface area contributed by atoms with Crippen molar-refractivity contribution in [2.24, 2.45) is 0 Å². The summed E-state index contributed by atoms with van der Waals surface area (Å²) in [7, 11) is 0. The summed E-state index contributed by atoms with van der Waals surface area (Å²) in [6.07, 6.45) is 0.998. The van der Waals surface area contributed by atoms with E-state index in [0.29, 0.717) is 23.9 Å². The molecule has 3 aromatic rings. The Hall–Kier alpha value is -2.67. The predicted molar refractivity (Wildman–Crippen MR) is 86.1 cm³/mol. The van der Waals surface area contributed by atoms with Crippen molar-refractivity contribution in [3.63, 3.8) is 0 Å². The molecule has 0 saturated heterocycles. The van der Waals surface area contributed by atoms with E-state index in [9.17, 15) is 4.79 Å². The number of nitrogens with zero attached hydrogens (tertiary/aromatic N) is 1. The zero-order valence-electron chi connectivity index (χ0n) is 11.6. The molecular weight excluding hydrogens is 300 g/mol. The Morgan fingerprint density at radius 3 is 2.91 bits per heavy atom. The van der Waals surface area contributed by atoms with Gasteiger partial charge < -0.3 is 4.42 Å². The van der Waals surface area contributed by atoms with Crippen LogP contribution >= 0.6 is 11.3 Å². The lowest BCUT2D eigenvalue weighted by Crippen LogP contribution is -2.35. The third-order valence-corrected chi connectivity index (χ3v) is 3.90. The van der Waals surface area contributed by atoms with E-state index in [2.05, 4.69) is 15.6 Å². The third kappa shape index (κ3) is 3.50. The summed E-state index contributed by atoms with van der Waals surface area (Å²) < 4.78 is 5.43. The molecule has 0 atom stereocenters. The molecule has 0 fully saturated rings. The second-order valence-electron chi connectivity index (χ2n) is 4.61. The third-order valence-electron chi connectivity index (χ3n) is 2.97. The number of carbonyl (C=O) groups excluding carboxylic acids is 1. The Balaban J connectivity index is 1.52. The van der Waals surface area contributed by atoms with Crippen LogP contribution in [0.15, 0.2) is 46.2 Å². The second-order valence-corrected chi connectivity index (χ2v) is 5.65. The summed E-state index contributed by atoms with van der Waals surface area (Å²) >= 11 is 1.61. The fourth-order valence-corrected chi connectivity index (χ4v) is 2.67. The summed E-state index contributed by atoms with van der Waals surface area (Å²) in [5.41, 5.74) is 1.32. The topological polar surface area (TPSA) is 91.0 Å². The van der Waals surface area contributed by atoms with Gasteiger partial charge in [-0.25, -0.2) is 0 Å². The van der Waals surface area contributed by atoms with Crippen LogP contribution in [0, 0.1) is 5.41 Å². The minimum absolute atomic E-state index is 0.150. The van der Waals surface area contributed by atoms with Crippen LogP contribution in [0.5, 0.6) is 0 Å². The van der Waals surface area contributed by atoms with Gasteiger partial charge in [-0.2, -0.15) is 4.98 Å². The van der Waals surface area contributed by atoms with Gasteiger partial charge in [0.15, 0.2) is 5.58 Å². The lowest BCUT2D eigenvalue weighted by Gasteiger charge is -2.05. The highest BCUT2D eigenvalue weighted by atomic mass is 32.1. The van der Waals surface area contributed by atoms with Gasteiger partial charge in [0.2, 0.25) is 11.9 Å². The number of nitrogens with one attached hydrogen (secondary N) is 3. The van der Waals surface area contributed by atoms with Crippen LogP contribution < -0.4 is 10.6 Å². The molecule has 0 aliphatic rings. The molecular formula is C15H14N4O2S. The van der Waals surface area contributed by atoms with Crippen molar-refractivity contribution in [2.45, 2.75) is 12.8 Å². The number of thiophene rings is 1. The highest BCUT2D eigenvalue weighted by molar-refractivity contribution is 7.09. The summed E-state index contributed by atoms with van der Waals surface area (Å²) in [6.45, 7) is 0. The second kappa shape index (κ2) is 6.40. The lowest BCUT2D eigenvalue weighted by molar-refractivity contribution is -0.119. The van der Waals surface area contributed by atoms with Gasteiger partial charge >= 0.3 is 6.01 Å². The van der Waals surface area contributed by atoms with Crippen molar-refractivity contribution in [2.75, 3.05) is 5.32 Å². The monoisotopic (exact) mass is 314 g/mol. The number of amides is 1. The van der Waals surface area contributed by atoms with E-state index in [1.54, 1.807) is 17.4 Å². The van der Waals surface area contributed by atoms with E-state index >= 15 is 0 Å². The number of benzene rings is 1. The first-order valence-corrected chi connectivity index (χ1v) is 7.62.